The molecule has 0 unspecified atom stereocenters. The van der Waals surface area contributed by atoms with Crippen molar-refractivity contribution < 1.29 is 0 Å². The quantitative estimate of drug-likeness (QED) is 0.583. The number of terminal acetylenes is 1. The van der Waals surface area contributed by atoms with Gasteiger partial charge in [-0.15, -0.1) is 6.42 Å². The molecule has 1 rings (SSSR count). The third kappa shape index (κ3) is 8.03. The fraction of sp³-hybridized carbons (Fsp3) is 0.250. The zero-order valence-corrected chi connectivity index (χ0v) is 13.8. The van der Waals surface area contributed by atoms with Crippen LogP contribution in [-0.2, 0) is 5.41 Å². The van der Waals surface area contributed by atoms with Gasteiger partial charge in [0.25, 0.3) is 0 Å². The van der Waals surface area contributed by atoms with Crippen LogP contribution in [0, 0.1) is 34.9 Å². The maximum absolute atomic E-state index is 4.76. The Morgan fingerprint density at radius 1 is 1.11 bits per heavy atom. The van der Waals surface area contributed by atoms with Gasteiger partial charge in [0.15, 0.2) is 0 Å². The van der Waals surface area contributed by atoms with Crippen molar-refractivity contribution >= 4 is 31.9 Å². The molecule has 2 heteroatoms. The van der Waals surface area contributed by atoms with Crippen molar-refractivity contribution in [1.82, 2.24) is 0 Å². The minimum Gasteiger partial charge on any atom is -0.106 e. The summed E-state index contributed by atoms with van der Waals surface area (Å²) < 4.78 is 1.16. The molecule has 0 aliphatic heterocycles. The van der Waals surface area contributed by atoms with Crippen LogP contribution in [0.2, 0.25) is 0 Å². The fourth-order valence-electron chi connectivity index (χ4n) is 1.05. The average molecular weight is 366 g/mol. The van der Waals surface area contributed by atoms with E-state index in [4.69, 9.17) is 6.42 Å². The van der Waals surface area contributed by atoms with E-state index >= 15 is 0 Å². The Kier molecular flexibility index (Phi) is 8.32. The van der Waals surface area contributed by atoms with E-state index in [1.165, 1.54) is 5.56 Å². The molecule has 18 heavy (non-hydrogen) atoms. The molecule has 0 atom stereocenters. The number of rotatable bonds is 0. The Bertz CT molecular complexity index is 535. The van der Waals surface area contributed by atoms with Gasteiger partial charge in [0.1, 0.15) is 0 Å². The van der Waals surface area contributed by atoms with Crippen LogP contribution in [0.25, 0.3) is 0 Å². The van der Waals surface area contributed by atoms with Gasteiger partial charge in [-0.2, -0.15) is 0 Å². The van der Waals surface area contributed by atoms with E-state index < -0.39 is 0 Å². The average Bonchev–Trinajstić information content (AvgIpc) is 2.29. The van der Waals surface area contributed by atoms with Gasteiger partial charge >= 0.3 is 0 Å². The minimum absolute atomic E-state index is 0.254. The Morgan fingerprint density at radius 2 is 1.78 bits per heavy atom. The zero-order chi connectivity index (χ0) is 14.0. The molecular weight excluding hydrogens is 352 g/mol. The molecule has 0 heterocycles. The van der Waals surface area contributed by atoms with Crippen LogP contribution in [0.1, 0.15) is 26.3 Å². The van der Waals surface area contributed by atoms with Gasteiger partial charge in [0.2, 0.25) is 0 Å². The lowest BCUT2D eigenvalue weighted by Crippen LogP contribution is -2.10. The van der Waals surface area contributed by atoms with Crippen LogP contribution in [0.4, 0.5) is 0 Å². The highest BCUT2D eigenvalue weighted by Gasteiger charge is 2.12. The SMILES string of the molecule is C#CC#CC#CBr.CC(C)(C)c1cccc(Br)c1. The molecule has 0 radical (unpaired) electrons. The first kappa shape index (κ1) is 16.9. The molecule has 0 bridgehead atoms. The molecule has 0 saturated heterocycles. The van der Waals surface area contributed by atoms with E-state index in [9.17, 15) is 0 Å². The predicted molar refractivity (Wildman–Crippen MR) is 86.2 cm³/mol. The molecule has 0 nitrogen and oxygen atoms in total. The highest BCUT2D eigenvalue weighted by Crippen LogP contribution is 2.24. The second-order valence-corrected chi connectivity index (χ2v) is 5.69. The lowest BCUT2D eigenvalue weighted by Gasteiger charge is -2.18. The molecule has 0 aliphatic carbocycles. The van der Waals surface area contributed by atoms with Gasteiger partial charge in [0, 0.05) is 20.4 Å². The summed E-state index contributed by atoms with van der Waals surface area (Å²) in [5.41, 5.74) is 1.62. The third-order valence-electron chi connectivity index (χ3n) is 1.94. The molecule has 1 aromatic carbocycles. The predicted octanol–water partition coefficient (Wildman–Crippen LogP) is 4.73. The molecule has 0 aromatic heterocycles. The summed E-state index contributed by atoms with van der Waals surface area (Å²) in [6.07, 6.45) is 4.76. The molecule has 0 N–H and O–H groups in total. The summed E-state index contributed by atoms with van der Waals surface area (Å²) in [6, 6.07) is 8.45. The van der Waals surface area contributed by atoms with Gasteiger partial charge in [-0.1, -0.05) is 48.8 Å². The van der Waals surface area contributed by atoms with Crippen LogP contribution in [-0.4, -0.2) is 0 Å². The van der Waals surface area contributed by atoms with Gasteiger partial charge in [-0.05, 0) is 51.6 Å². The monoisotopic (exact) mass is 364 g/mol. The maximum Gasteiger partial charge on any atom is 0.0178 e. The Morgan fingerprint density at radius 3 is 2.17 bits per heavy atom. The number of hydrogen-bond donors (Lipinski definition) is 0. The van der Waals surface area contributed by atoms with Gasteiger partial charge in [-0.3, -0.25) is 0 Å². The Balaban J connectivity index is 0.000000360. The van der Waals surface area contributed by atoms with E-state index in [0.29, 0.717) is 0 Å². The normalized spacial score (nSPS) is 8.44. The highest BCUT2D eigenvalue weighted by atomic mass is 79.9. The fourth-order valence-corrected chi connectivity index (χ4v) is 1.54. The summed E-state index contributed by atoms with van der Waals surface area (Å²) in [4.78, 5) is 2.40. The summed E-state index contributed by atoms with van der Waals surface area (Å²) in [5.74, 6) is 9.24. The van der Waals surface area contributed by atoms with Crippen molar-refractivity contribution in [3.05, 3.63) is 34.3 Å². The van der Waals surface area contributed by atoms with E-state index in [0.717, 1.165) is 4.47 Å². The van der Waals surface area contributed by atoms with Crippen molar-refractivity contribution in [2.45, 2.75) is 26.2 Å². The van der Waals surface area contributed by atoms with E-state index in [1.54, 1.807) is 0 Å². The van der Waals surface area contributed by atoms with Gasteiger partial charge < -0.3 is 0 Å². The zero-order valence-electron chi connectivity index (χ0n) is 10.6. The molecule has 0 aliphatic rings. The van der Waals surface area contributed by atoms with Crippen molar-refractivity contribution in [2.24, 2.45) is 0 Å². The van der Waals surface area contributed by atoms with Gasteiger partial charge in [-0.25, -0.2) is 0 Å². The van der Waals surface area contributed by atoms with Crippen molar-refractivity contribution in [2.75, 3.05) is 0 Å². The standard InChI is InChI=1S/C10H13Br.C6HBr/c1-10(2,3)8-5-4-6-9(11)7-8;1-2-3-4-5-6-7/h4-7H,1-3H3;1H. The second kappa shape index (κ2) is 8.88. The van der Waals surface area contributed by atoms with E-state index in [2.05, 4.69) is 105 Å². The summed E-state index contributed by atoms with van der Waals surface area (Å²) in [5, 5.41) is 0. The van der Waals surface area contributed by atoms with Crippen LogP contribution in [0.3, 0.4) is 0 Å². The molecule has 0 amide bonds. The van der Waals surface area contributed by atoms with Crippen LogP contribution >= 0.6 is 31.9 Å². The van der Waals surface area contributed by atoms with E-state index in [1.807, 2.05) is 0 Å². The second-order valence-electron chi connectivity index (χ2n) is 4.37. The Labute approximate surface area is 127 Å². The number of benzene rings is 1. The molecule has 1 aromatic rings. The number of hydrogen-bond acceptors (Lipinski definition) is 0. The smallest absolute Gasteiger partial charge is 0.0178 e. The minimum atomic E-state index is 0.254. The van der Waals surface area contributed by atoms with Gasteiger partial charge in [0.05, 0.1) is 0 Å². The lowest BCUT2D eigenvalue weighted by atomic mass is 9.87. The molecule has 0 fully saturated rings. The van der Waals surface area contributed by atoms with Crippen LogP contribution in [0.5, 0.6) is 0 Å². The van der Waals surface area contributed by atoms with Crippen LogP contribution in [0.15, 0.2) is 28.7 Å². The number of halogens is 2. The van der Waals surface area contributed by atoms with Crippen LogP contribution < -0.4 is 0 Å². The van der Waals surface area contributed by atoms with Crippen molar-refractivity contribution in [3.8, 4) is 34.9 Å². The summed E-state index contributed by atoms with van der Waals surface area (Å²) in [6.45, 7) is 6.65. The largest absolute Gasteiger partial charge is 0.106 e. The topological polar surface area (TPSA) is 0 Å². The van der Waals surface area contributed by atoms with Crippen molar-refractivity contribution in [1.29, 1.82) is 0 Å². The first-order chi connectivity index (χ1) is 8.41. The first-order valence-corrected chi connectivity index (χ1v) is 6.82. The Hall–Kier alpha value is -1.14. The molecular formula is C16H14Br2. The summed E-state index contributed by atoms with van der Waals surface area (Å²) in [7, 11) is 0. The molecule has 0 spiro atoms. The first-order valence-electron chi connectivity index (χ1n) is 5.24. The molecule has 0 saturated carbocycles. The molecule has 92 valence electrons. The lowest BCUT2D eigenvalue weighted by molar-refractivity contribution is 0.590. The van der Waals surface area contributed by atoms with E-state index in [-0.39, 0.29) is 5.41 Å². The summed E-state index contributed by atoms with van der Waals surface area (Å²) >= 11 is 6.30. The third-order valence-corrected chi connectivity index (χ3v) is 2.63. The maximum atomic E-state index is 4.76. The highest BCUT2D eigenvalue weighted by molar-refractivity contribution is 9.12. The van der Waals surface area contributed by atoms with Crippen molar-refractivity contribution in [3.63, 3.8) is 0 Å².